The van der Waals surface area contributed by atoms with Crippen molar-refractivity contribution in [3.8, 4) is 0 Å². The summed E-state index contributed by atoms with van der Waals surface area (Å²) in [4.78, 5) is 18.4. The van der Waals surface area contributed by atoms with Crippen molar-refractivity contribution < 1.29 is 13.5 Å². The van der Waals surface area contributed by atoms with Crippen molar-refractivity contribution in [3.05, 3.63) is 16.7 Å². The van der Waals surface area contributed by atoms with Crippen molar-refractivity contribution in [3.63, 3.8) is 0 Å². The van der Waals surface area contributed by atoms with Gasteiger partial charge in [-0.05, 0) is 45.1 Å². The van der Waals surface area contributed by atoms with Crippen LogP contribution >= 0.6 is 23.4 Å². The van der Waals surface area contributed by atoms with Crippen LogP contribution in [0.2, 0.25) is 5.15 Å². The van der Waals surface area contributed by atoms with E-state index in [1.165, 1.54) is 11.8 Å². The maximum absolute atomic E-state index is 15.1. The number of hydrogen-bond acceptors (Lipinski definition) is 7. The van der Waals surface area contributed by atoms with E-state index in [2.05, 4.69) is 19.8 Å². The summed E-state index contributed by atoms with van der Waals surface area (Å²) in [6.07, 6.45) is 4.27. The molecule has 2 aromatic heterocycles. The number of pyridine rings is 1. The van der Waals surface area contributed by atoms with Crippen molar-refractivity contribution in [2.24, 2.45) is 0 Å². The van der Waals surface area contributed by atoms with Crippen molar-refractivity contribution in [2.45, 2.75) is 61.4 Å². The number of anilines is 1. The summed E-state index contributed by atoms with van der Waals surface area (Å²) >= 11 is 7.67. The van der Waals surface area contributed by atoms with Gasteiger partial charge in [0, 0.05) is 31.0 Å². The van der Waals surface area contributed by atoms with E-state index < -0.39 is 12.0 Å². The molecule has 3 saturated heterocycles. The number of halogens is 3. The molecule has 0 amide bonds. The van der Waals surface area contributed by atoms with E-state index >= 15 is 4.39 Å². The molecule has 4 aliphatic heterocycles. The summed E-state index contributed by atoms with van der Waals surface area (Å²) in [5, 5.41) is 1.05. The zero-order valence-corrected chi connectivity index (χ0v) is 19.4. The fourth-order valence-corrected chi connectivity index (χ4v) is 7.27. The number of fused-ring (bicyclic) bond motifs is 3. The van der Waals surface area contributed by atoms with Crippen LogP contribution in [-0.4, -0.2) is 76.2 Å². The summed E-state index contributed by atoms with van der Waals surface area (Å²) in [5.41, 5.74) is 0.853. The molecule has 32 heavy (non-hydrogen) atoms. The number of aromatic nitrogens is 3. The summed E-state index contributed by atoms with van der Waals surface area (Å²) in [5.74, 6) is 0.850. The van der Waals surface area contributed by atoms with Gasteiger partial charge in [-0.15, -0.1) is 0 Å². The second kappa shape index (κ2) is 8.18. The first kappa shape index (κ1) is 21.3. The predicted molar refractivity (Wildman–Crippen MR) is 121 cm³/mol. The van der Waals surface area contributed by atoms with Gasteiger partial charge in [0.05, 0.1) is 23.7 Å². The average Bonchev–Trinajstić information content (AvgIpc) is 3.12. The second-order valence-electron chi connectivity index (χ2n) is 9.40. The van der Waals surface area contributed by atoms with E-state index in [1.54, 1.807) is 0 Å². The summed E-state index contributed by atoms with van der Waals surface area (Å²) in [6.45, 7) is 3.59. The molecule has 3 atom stereocenters. The lowest BCUT2D eigenvalue weighted by atomic mass is 9.96. The van der Waals surface area contributed by atoms with E-state index in [0.29, 0.717) is 48.9 Å². The zero-order chi connectivity index (χ0) is 21.9. The van der Waals surface area contributed by atoms with E-state index in [0.717, 1.165) is 50.3 Å². The minimum Gasteiger partial charge on any atom is -0.379 e. The van der Waals surface area contributed by atoms with Gasteiger partial charge in [0.15, 0.2) is 16.1 Å². The van der Waals surface area contributed by atoms with Gasteiger partial charge in [0.2, 0.25) is 0 Å². The lowest BCUT2D eigenvalue weighted by Crippen LogP contribution is -2.40. The molecule has 6 rings (SSSR count). The molecule has 0 unspecified atom stereocenters. The smallest absolute Gasteiger partial charge is 0.190 e. The highest BCUT2D eigenvalue weighted by Crippen LogP contribution is 2.44. The molecule has 0 bridgehead atoms. The quantitative estimate of drug-likeness (QED) is 0.372. The molecular formula is C22H26ClF2N5OS. The first-order chi connectivity index (χ1) is 15.5. The maximum atomic E-state index is 15.1. The van der Waals surface area contributed by atoms with Crippen LogP contribution in [0.5, 0.6) is 0 Å². The number of rotatable bonds is 3. The standard InChI is InChI=1S/C22H26ClF2N5OS/c23-19-17(25)18-16-15(26-19)4-3-14-11-31-8-2-7-30(14)20(16)28-21(27-18)32-12-22-5-1-6-29(22)10-13(24)9-22/h13-14H,1-12H2/t13-,14+,22+/m1/s1. The van der Waals surface area contributed by atoms with Crippen LogP contribution in [0.25, 0.3) is 10.9 Å². The summed E-state index contributed by atoms with van der Waals surface area (Å²) < 4.78 is 35.1. The Hall–Kier alpha value is -1.29. The molecule has 6 nitrogen and oxygen atoms in total. The molecule has 3 fully saturated rings. The molecule has 0 aliphatic carbocycles. The van der Waals surface area contributed by atoms with Gasteiger partial charge in [-0.2, -0.15) is 0 Å². The fraction of sp³-hybridized carbons (Fsp3) is 0.682. The molecule has 10 heteroatoms. The second-order valence-corrected chi connectivity index (χ2v) is 10.7. The van der Waals surface area contributed by atoms with Crippen molar-refractivity contribution in [1.29, 1.82) is 0 Å². The third kappa shape index (κ3) is 3.47. The van der Waals surface area contributed by atoms with Crippen LogP contribution in [0, 0.1) is 5.82 Å². The van der Waals surface area contributed by atoms with Crippen LogP contribution in [0.1, 0.15) is 37.8 Å². The number of aryl methyl sites for hydroxylation is 1. The van der Waals surface area contributed by atoms with Crippen LogP contribution in [0.15, 0.2) is 5.16 Å². The summed E-state index contributed by atoms with van der Waals surface area (Å²) in [6, 6.07) is 0.163. The number of nitrogens with zero attached hydrogens (tertiary/aromatic N) is 5. The Balaban J connectivity index is 1.42. The Morgan fingerprint density at radius 2 is 2.12 bits per heavy atom. The molecule has 4 aliphatic rings. The van der Waals surface area contributed by atoms with E-state index in [1.807, 2.05) is 0 Å². The normalized spacial score (nSPS) is 30.3. The summed E-state index contributed by atoms with van der Waals surface area (Å²) in [7, 11) is 0. The molecule has 2 aromatic rings. The van der Waals surface area contributed by atoms with Gasteiger partial charge < -0.3 is 9.64 Å². The third-order valence-corrected chi connectivity index (χ3v) is 8.81. The molecule has 6 heterocycles. The zero-order valence-electron chi connectivity index (χ0n) is 17.8. The third-order valence-electron chi connectivity index (χ3n) is 7.44. The lowest BCUT2D eigenvalue weighted by molar-refractivity contribution is 0.132. The van der Waals surface area contributed by atoms with Gasteiger partial charge in [-0.25, -0.2) is 23.7 Å². The van der Waals surface area contributed by atoms with E-state index in [4.69, 9.17) is 21.3 Å². The van der Waals surface area contributed by atoms with E-state index in [-0.39, 0.29) is 22.3 Å². The monoisotopic (exact) mass is 481 g/mol. The van der Waals surface area contributed by atoms with Crippen molar-refractivity contribution >= 4 is 40.1 Å². The Bertz CT molecular complexity index is 1060. The minimum atomic E-state index is -0.777. The van der Waals surface area contributed by atoms with Crippen LogP contribution in [0.3, 0.4) is 0 Å². The highest BCUT2D eigenvalue weighted by atomic mass is 35.5. The number of thioether (sulfide) groups is 1. The highest BCUT2D eigenvalue weighted by Gasteiger charge is 2.48. The SMILES string of the molecule is Fc1c(Cl)nc2c3c(nc(SC[C@@]45CCCN4C[C@H](F)C5)nc13)N1CCCOC[C@@H]1CC2. The fourth-order valence-electron chi connectivity index (χ4n) is 5.93. The molecule has 0 saturated carbocycles. The molecule has 0 aromatic carbocycles. The Kier molecular flexibility index (Phi) is 5.43. The van der Waals surface area contributed by atoms with Gasteiger partial charge in [0.1, 0.15) is 17.5 Å². The first-order valence-corrected chi connectivity index (χ1v) is 12.8. The highest BCUT2D eigenvalue weighted by molar-refractivity contribution is 7.99. The Morgan fingerprint density at radius 1 is 1.22 bits per heavy atom. The largest absolute Gasteiger partial charge is 0.379 e. The number of hydrogen-bond donors (Lipinski definition) is 0. The molecular weight excluding hydrogens is 456 g/mol. The van der Waals surface area contributed by atoms with Crippen LogP contribution in [-0.2, 0) is 11.2 Å². The molecule has 0 N–H and O–H groups in total. The van der Waals surface area contributed by atoms with Crippen molar-refractivity contribution in [2.75, 3.05) is 43.5 Å². The van der Waals surface area contributed by atoms with Gasteiger partial charge in [0.25, 0.3) is 0 Å². The maximum Gasteiger partial charge on any atom is 0.190 e. The predicted octanol–water partition coefficient (Wildman–Crippen LogP) is 4.03. The lowest BCUT2D eigenvalue weighted by Gasteiger charge is -2.31. The Labute approximate surface area is 195 Å². The number of ether oxygens (including phenoxy) is 1. The minimum absolute atomic E-state index is 0.141. The molecule has 172 valence electrons. The van der Waals surface area contributed by atoms with Crippen LogP contribution < -0.4 is 4.90 Å². The molecule has 0 radical (unpaired) electrons. The average molecular weight is 482 g/mol. The molecule has 0 spiro atoms. The van der Waals surface area contributed by atoms with Gasteiger partial charge >= 0.3 is 0 Å². The number of alkyl halides is 1. The topological polar surface area (TPSA) is 54.4 Å². The van der Waals surface area contributed by atoms with Crippen LogP contribution in [0.4, 0.5) is 14.6 Å². The first-order valence-electron chi connectivity index (χ1n) is 11.5. The van der Waals surface area contributed by atoms with E-state index in [9.17, 15) is 4.39 Å². The van der Waals surface area contributed by atoms with Gasteiger partial charge in [-0.3, -0.25) is 4.90 Å². The van der Waals surface area contributed by atoms with Gasteiger partial charge in [-0.1, -0.05) is 23.4 Å². The Morgan fingerprint density at radius 3 is 3.03 bits per heavy atom. The van der Waals surface area contributed by atoms with Crippen molar-refractivity contribution in [1.82, 2.24) is 19.9 Å².